The Labute approximate surface area is 78.8 Å². The van der Waals surface area contributed by atoms with Gasteiger partial charge in [-0.15, -0.1) is 0 Å². The van der Waals surface area contributed by atoms with Crippen LogP contribution in [-0.2, 0) is 9.53 Å². The Balaban J connectivity index is 2.04. The molecule has 74 valence electrons. The van der Waals surface area contributed by atoms with Crippen molar-refractivity contribution in [1.82, 2.24) is 5.32 Å². The lowest BCUT2D eigenvalue weighted by atomic mass is 9.86. The van der Waals surface area contributed by atoms with Gasteiger partial charge in [0, 0.05) is 25.2 Å². The Morgan fingerprint density at radius 1 is 1.15 bits per heavy atom. The molecule has 2 heterocycles. The summed E-state index contributed by atoms with van der Waals surface area (Å²) in [5.74, 6) is 0.236. The molecule has 0 unspecified atom stereocenters. The normalized spacial score (nSPS) is 28.2. The number of carbonyl (C=O) groups excluding carboxylic acids is 1. The van der Waals surface area contributed by atoms with E-state index in [1.807, 2.05) is 0 Å². The number of ether oxygens (including phenoxy) is 1. The largest absolute Gasteiger partial charge is 0.381 e. The molecule has 0 aromatic rings. The van der Waals surface area contributed by atoms with E-state index >= 15 is 0 Å². The summed E-state index contributed by atoms with van der Waals surface area (Å²) < 4.78 is 5.32. The predicted molar refractivity (Wildman–Crippen MR) is 49.4 cm³/mol. The van der Waals surface area contributed by atoms with Gasteiger partial charge in [0.25, 0.3) is 0 Å². The van der Waals surface area contributed by atoms with Crippen molar-refractivity contribution in [2.75, 3.05) is 13.2 Å². The van der Waals surface area contributed by atoms with Crippen molar-refractivity contribution in [1.29, 1.82) is 0 Å². The molecule has 2 fully saturated rings. The van der Waals surface area contributed by atoms with Crippen molar-refractivity contribution in [3.8, 4) is 0 Å². The van der Waals surface area contributed by atoms with E-state index in [9.17, 15) is 4.79 Å². The average molecular weight is 183 g/mol. The van der Waals surface area contributed by atoms with Gasteiger partial charge in [-0.05, 0) is 25.7 Å². The fourth-order valence-corrected chi connectivity index (χ4v) is 2.31. The summed E-state index contributed by atoms with van der Waals surface area (Å²) in [7, 11) is 0. The van der Waals surface area contributed by atoms with Gasteiger partial charge in [-0.1, -0.05) is 6.42 Å². The molecule has 1 N–H and O–H groups in total. The molecule has 1 amide bonds. The van der Waals surface area contributed by atoms with Crippen LogP contribution in [0, 0.1) is 0 Å². The van der Waals surface area contributed by atoms with Gasteiger partial charge in [0.05, 0.1) is 0 Å². The van der Waals surface area contributed by atoms with Crippen molar-refractivity contribution >= 4 is 5.91 Å². The Morgan fingerprint density at radius 2 is 1.92 bits per heavy atom. The van der Waals surface area contributed by atoms with Gasteiger partial charge in [-0.2, -0.15) is 0 Å². The molecule has 2 aliphatic rings. The molecule has 2 aliphatic heterocycles. The number of hydrogen-bond acceptors (Lipinski definition) is 2. The van der Waals surface area contributed by atoms with E-state index < -0.39 is 0 Å². The topological polar surface area (TPSA) is 38.3 Å². The minimum absolute atomic E-state index is 0.0891. The maximum atomic E-state index is 11.4. The standard InChI is InChI=1S/C10H17NO2/c12-9-3-1-2-4-10(11-9)5-7-13-8-6-10/h1-8H2,(H,11,12). The van der Waals surface area contributed by atoms with Crippen molar-refractivity contribution in [2.45, 2.75) is 44.1 Å². The van der Waals surface area contributed by atoms with Crippen LogP contribution >= 0.6 is 0 Å². The second-order valence-electron chi connectivity index (χ2n) is 4.15. The highest BCUT2D eigenvalue weighted by Crippen LogP contribution is 2.29. The zero-order valence-electron chi connectivity index (χ0n) is 7.97. The van der Waals surface area contributed by atoms with Crippen LogP contribution in [-0.4, -0.2) is 24.7 Å². The third-order valence-electron chi connectivity index (χ3n) is 3.16. The molecular weight excluding hydrogens is 166 g/mol. The lowest BCUT2D eigenvalue weighted by Gasteiger charge is -2.36. The molecule has 0 aromatic carbocycles. The minimum Gasteiger partial charge on any atom is -0.381 e. The van der Waals surface area contributed by atoms with Gasteiger partial charge >= 0.3 is 0 Å². The first-order chi connectivity index (χ1) is 6.31. The molecule has 2 saturated heterocycles. The SMILES string of the molecule is O=C1CCCCC2(CCOCC2)N1. The Morgan fingerprint density at radius 3 is 2.69 bits per heavy atom. The van der Waals surface area contributed by atoms with Gasteiger partial charge in [0.15, 0.2) is 0 Å². The summed E-state index contributed by atoms with van der Waals surface area (Å²) >= 11 is 0. The molecular formula is C10H17NO2. The third-order valence-corrected chi connectivity index (χ3v) is 3.16. The van der Waals surface area contributed by atoms with E-state index in [0.717, 1.165) is 38.9 Å². The maximum Gasteiger partial charge on any atom is 0.220 e. The molecule has 13 heavy (non-hydrogen) atoms. The summed E-state index contributed by atoms with van der Waals surface area (Å²) in [6, 6.07) is 0. The first-order valence-electron chi connectivity index (χ1n) is 5.20. The molecule has 0 atom stereocenters. The minimum atomic E-state index is 0.0891. The molecule has 3 heteroatoms. The fraction of sp³-hybridized carbons (Fsp3) is 0.900. The summed E-state index contributed by atoms with van der Waals surface area (Å²) in [6.45, 7) is 1.61. The third kappa shape index (κ3) is 2.02. The molecule has 0 bridgehead atoms. The lowest BCUT2D eigenvalue weighted by molar-refractivity contribution is -0.123. The van der Waals surface area contributed by atoms with Gasteiger partial charge in [-0.3, -0.25) is 4.79 Å². The summed E-state index contributed by atoms with van der Waals surface area (Å²) in [5, 5.41) is 3.18. The van der Waals surface area contributed by atoms with E-state index in [1.54, 1.807) is 0 Å². The van der Waals surface area contributed by atoms with Crippen LogP contribution in [0.1, 0.15) is 38.5 Å². The highest BCUT2D eigenvalue weighted by atomic mass is 16.5. The second-order valence-corrected chi connectivity index (χ2v) is 4.15. The zero-order valence-corrected chi connectivity index (χ0v) is 7.97. The summed E-state index contributed by atoms with van der Waals surface area (Å²) in [4.78, 5) is 11.4. The Kier molecular flexibility index (Phi) is 2.54. The maximum absolute atomic E-state index is 11.4. The van der Waals surface area contributed by atoms with Crippen LogP contribution in [0.15, 0.2) is 0 Å². The van der Waals surface area contributed by atoms with Gasteiger partial charge in [0.2, 0.25) is 5.91 Å². The van der Waals surface area contributed by atoms with Crippen LogP contribution in [0.4, 0.5) is 0 Å². The Hall–Kier alpha value is -0.570. The number of carbonyl (C=O) groups is 1. The first-order valence-corrected chi connectivity index (χ1v) is 5.20. The van der Waals surface area contributed by atoms with Crippen LogP contribution < -0.4 is 5.32 Å². The van der Waals surface area contributed by atoms with E-state index in [0.29, 0.717) is 6.42 Å². The van der Waals surface area contributed by atoms with Crippen LogP contribution in [0.5, 0.6) is 0 Å². The van der Waals surface area contributed by atoms with Crippen molar-refractivity contribution < 1.29 is 9.53 Å². The van der Waals surface area contributed by atoms with Crippen molar-refractivity contribution in [3.05, 3.63) is 0 Å². The van der Waals surface area contributed by atoms with E-state index in [4.69, 9.17) is 4.74 Å². The van der Waals surface area contributed by atoms with Gasteiger partial charge in [-0.25, -0.2) is 0 Å². The highest BCUT2D eigenvalue weighted by Gasteiger charge is 2.34. The quantitative estimate of drug-likeness (QED) is 0.613. The van der Waals surface area contributed by atoms with E-state index in [-0.39, 0.29) is 11.4 Å². The number of rotatable bonds is 0. The summed E-state index contributed by atoms with van der Waals surface area (Å²) in [5.41, 5.74) is 0.0891. The van der Waals surface area contributed by atoms with Gasteiger partial charge in [0.1, 0.15) is 0 Å². The molecule has 1 spiro atoms. The molecule has 0 radical (unpaired) electrons. The number of hydrogen-bond donors (Lipinski definition) is 1. The van der Waals surface area contributed by atoms with Crippen LogP contribution in [0.25, 0.3) is 0 Å². The van der Waals surface area contributed by atoms with Crippen molar-refractivity contribution in [3.63, 3.8) is 0 Å². The number of nitrogens with one attached hydrogen (secondary N) is 1. The predicted octanol–water partition coefficient (Wildman–Crippen LogP) is 1.23. The summed E-state index contributed by atoms with van der Waals surface area (Å²) in [6.07, 6.45) is 6.08. The van der Waals surface area contributed by atoms with Crippen molar-refractivity contribution in [2.24, 2.45) is 0 Å². The van der Waals surface area contributed by atoms with E-state index in [2.05, 4.69) is 5.32 Å². The first kappa shape index (κ1) is 9.00. The van der Waals surface area contributed by atoms with Crippen LogP contribution in [0.2, 0.25) is 0 Å². The zero-order chi connectivity index (χ0) is 9.15. The molecule has 2 rings (SSSR count). The molecule has 3 nitrogen and oxygen atoms in total. The highest BCUT2D eigenvalue weighted by molar-refractivity contribution is 5.77. The average Bonchev–Trinajstić information content (AvgIpc) is 2.29. The smallest absolute Gasteiger partial charge is 0.220 e. The molecule has 0 aliphatic carbocycles. The second kappa shape index (κ2) is 3.66. The Bertz CT molecular complexity index is 197. The fourth-order valence-electron chi connectivity index (χ4n) is 2.31. The molecule has 0 aromatic heterocycles. The van der Waals surface area contributed by atoms with E-state index in [1.165, 1.54) is 6.42 Å². The lowest BCUT2D eigenvalue weighted by Crippen LogP contribution is -2.50. The molecule has 0 saturated carbocycles. The van der Waals surface area contributed by atoms with Crippen LogP contribution in [0.3, 0.4) is 0 Å². The number of amides is 1. The van der Waals surface area contributed by atoms with Gasteiger partial charge < -0.3 is 10.1 Å². The monoisotopic (exact) mass is 183 g/mol.